The van der Waals surface area contributed by atoms with Gasteiger partial charge >= 0.3 is 0 Å². The number of fused-ring (bicyclic) bond motifs is 2. The van der Waals surface area contributed by atoms with Crippen LogP contribution in [0.4, 0.5) is 11.6 Å². The van der Waals surface area contributed by atoms with E-state index in [4.69, 9.17) is 4.74 Å². The highest BCUT2D eigenvalue weighted by Crippen LogP contribution is 2.30. The Hall–Kier alpha value is -3.88. The van der Waals surface area contributed by atoms with Crippen LogP contribution in [0.2, 0.25) is 0 Å². The number of carbonyl (C=O) groups is 2. The van der Waals surface area contributed by atoms with Crippen LogP contribution in [0.5, 0.6) is 5.75 Å². The lowest BCUT2D eigenvalue weighted by atomic mass is 10.2. The van der Waals surface area contributed by atoms with Gasteiger partial charge in [0.05, 0.1) is 29.6 Å². The van der Waals surface area contributed by atoms with Gasteiger partial charge in [-0.2, -0.15) is 0 Å². The maximum Gasteiger partial charge on any atom is 0.262 e. The maximum atomic E-state index is 12.7. The number of nitrogens with zero attached hydrogens (tertiary/aromatic N) is 3. The highest BCUT2D eigenvalue weighted by atomic mass is 16.5. The van der Waals surface area contributed by atoms with Crippen molar-refractivity contribution in [2.24, 2.45) is 0 Å². The predicted molar refractivity (Wildman–Crippen MR) is 112 cm³/mol. The lowest BCUT2D eigenvalue weighted by Gasteiger charge is -2.21. The molecule has 2 N–H and O–H groups in total. The van der Waals surface area contributed by atoms with Crippen LogP contribution < -0.4 is 26.0 Å². The molecule has 30 heavy (non-hydrogen) atoms. The number of nitrogens with one attached hydrogen (secondary N) is 2. The van der Waals surface area contributed by atoms with Gasteiger partial charge in [-0.3, -0.25) is 34.7 Å². The van der Waals surface area contributed by atoms with E-state index in [2.05, 4.69) is 15.8 Å². The molecule has 154 valence electrons. The molecule has 0 atom stereocenters. The zero-order valence-corrected chi connectivity index (χ0v) is 16.4. The van der Waals surface area contributed by atoms with Gasteiger partial charge in [0.25, 0.3) is 11.5 Å². The molecule has 0 unspecified atom stereocenters. The smallest absolute Gasteiger partial charge is 0.262 e. The zero-order valence-electron chi connectivity index (χ0n) is 16.4. The van der Waals surface area contributed by atoms with Crippen LogP contribution in [-0.4, -0.2) is 34.5 Å². The molecule has 1 aliphatic rings. The summed E-state index contributed by atoms with van der Waals surface area (Å²) in [7, 11) is 0. The van der Waals surface area contributed by atoms with Crippen molar-refractivity contribution in [2.75, 3.05) is 23.5 Å². The predicted octanol–water partition coefficient (Wildman–Crippen LogP) is 1.68. The van der Waals surface area contributed by atoms with Gasteiger partial charge < -0.3 is 4.74 Å². The van der Waals surface area contributed by atoms with Gasteiger partial charge in [0.15, 0.2) is 0 Å². The summed E-state index contributed by atoms with van der Waals surface area (Å²) in [4.78, 5) is 43.5. The first kappa shape index (κ1) is 19.4. The summed E-state index contributed by atoms with van der Waals surface area (Å²) in [6, 6.07) is 14.1. The van der Waals surface area contributed by atoms with Crippen molar-refractivity contribution in [3.05, 3.63) is 58.9 Å². The van der Waals surface area contributed by atoms with Crippen LogP contribution >= 0.6 is 0 Å². The first-order valence-corrected chi connectivity index (χ1v) is 9.65. The number of aromatic nitrogens is 2. The minimum Gasteiger partial charge on any atom is -0.491 e. The Morgan fingerprint density at radius 1 is 1.13 bits per heavy atom. The van der Waals surface area contributed by atoms with Crippen molar-refractivity contribution in [1.82, 2.24) is 15.0 Å². The number of ether oxygens (including phenoxy) is 1. The summed E-state index contributed by atoms with van der Waals surface area (Å²) in [5, 5.41) is 0.503. The quantitative estimate of drug-likeness (QED) is 0.624. The van der Waals surface area contributed by atoms with Crippen molar-refractivity contribution in [1.29, 1.82) is 0 Å². The molecule has 0 spiro atoms. The molecule has 9 nitrogen and oxygen atoms in total. The van der Waals surface area contributed by atoms with Crippen molar-refractivity contribution in [2.45, 2.75) is 19.9 Å². The molecule has 1 aliphatic heterocycles. The molecule has 0 saturated heterocycles. The summed E-state index contributed by atoms with van der Waals surface area (Å²) in [5.74, 6) is 0.120. The number of hydrazine groups is 1. The Balaban J connectivity index is 1.53. The summed E-state index contributed by atoms with van der Waals surface area (Å²) >= 11 is 0. The van der Waals surface area contributed by atoms with Crippen molar-refractivity contribution in [3.8, 4) is 5.75 Å². The molecule has 0 aliphatic carbocycles. The molecule has 0 radical (unpaired) electrons. The number of carbonyl (C=O) groups excluding carboxylic acids is 2. The number of rotatable bonds is 5. The molecular weight excluding hydrogens is 386 g/mol. The minimum atomic E-state index is -0.454. The average molecular weight is 407 g/mol. The average Bonchev–Trinajstić information content (AvgIpc) is 2.91. The summed E-state index contributed by atoms with van der Waals surface area (Å²) < 4.78 is 7.02. The van der Waals surface area contributed by atoms with E-state index in [0.29, 0.717) is 28.9 Å². The molecule has 2 heterocycles. The van der Waals surface area contributed by atoms with E-state index in [1.165, 1.54) is 9.47 Å². The van der Waals surface area contributed by atoms with E-state index in [-0.39, 0.29) is 37.0 Å². The molecule has 2 aromatic carbocycles. The number of amides is 2. The SMILES string of the molecule is CCn1c(NNC(=O)CN2C(=O)CCOc3ccccc32)nc2ccccc2c1=O. The van der Waals surface area contributed by atoms with Crippen LogP contribution in [0.3, 0.4) is 0 Å². The molecular formula is C21H21N5O4. The molecule has 0 bridgehead atoms. The standard InChI is InChI=1S/C21H21N5O4/c1-2-25-20(29)14-7-3-4-8-15(14)22-21(25)24-23-18(27)13-26-16-9-5-6-10-17(16)30-12-11-19(26)28/h3-10H,2,11-13H2,1H3,(H,22,24)(H,23,27). The first-order valence-electron chi connectivity index (χ1n) is 9.65. The molecule has 1 aromatic heterocycles. The van der Waals surface area contributed by atoms with Gasteiger partial charge in [-0.25, -0.2) is 4.98 Å². The van der Waals surface area contributed by atoms with Gasteiger partial charge in [0.2, 0.25) is 11.9 Å². The second-order valence-corrected chi connectivity index (χ2v) is 6.72. The van der Waals surface area contributed by atoms with Gasteiger partial charge in [-0.1, -0.05) is 24.3 Å². The first-order chi connectivity index (χ1) is 14.6. The van der Waals surface area contributed by atoms with Crippen LogP contribution in [0.15, 0.2) is 53.3 Å². The molecule has 3 aromatic rings. The Morgan fingerprint density at radius 2 is 1.90 bits per heavy atom. The number of hydrogen-bond acceptors (Lipinski definition) is 6. The number of para-hydroxylation sites is 3. The van der Waals surface area contributed by atoms with E-state index in [9.17, 15) is 14.4 Å². The van der Waals surface area contributed by atoms with Gasteiger partial charge in [0.1, 0.15) is 12.3 Å². The van der Waals surface area contributed by atoms with E-state index in [1.807, 2.05) is 13.0 Å². The van der Waals surface area contributed by atoms with Crippen molar-refractivity contribution >= 4 is 34.4 Å². The van der Waals surface area contributed by atoms with E-state index in [0.717, 1.165) is 0 Å². The Bertz CT molecular complexity index is 1170. The maximum absolute atomic E-state index is 12.7. The third-order valence-electron chi connectivity index (χ3n) is 4.82. The van der Waals surface area contributed by atoms with E-state index in [1.54, 1.807) is 42.5 Å². The number of anilines is 2. The third-order valence-corrected chi connectivity index (χ3v) is 4.82. The van der Waals surface area contributed by atoms with Crippen molar-refractivity contribution in [3.63, 3.8) is 0 Å². The molecule has 2 amide bonds. The highest BCUT2D eigenvalue weighted by Gasteiger charge is 2.25. The van der Waals surface area contributed by atoms with Crippen molar-refractivity contribution < 1.29 is 14.3 Å². The molecule has 0 saturated carbocycles. The summed E-state index contributed by atoms with van der Waals surface area (Å²) in [5.41, 5.74) is 6.13. The fourth-order valence-corrected chi connectivity index (χ4v) is 3.36. The monoisotopic (exact) mass is 407 g/mol. The normalized spacial score (nSPS) is 13.4. The molecule has 0 fully saturated rings. The second kappa shape index (κ2) is 8.24. The van der Waals surface area contributed by atoms with Gasteiger partial charge in [-0.15, -0.1) is 0 Å². The largest absolute Gasteiger partial charge is 0.491 e. The zero-order chi connectivity index (χ0) is 21.1. The Morgan fingerprint density at radius 3 is 2.73 bits per heavy atom. The Labute approximate surface area is 172 Å². The highest BCUT2D eigenvalue weighted by molar-refractivity contribution is 6.00. The van der Waals surface area contributed by atoms with Crippen LogP contribution in [0.1, 0.15) is 13.3 Å². The van der Waals surface area contributed by atoms with Gasteiger partial charge in [0, 0.05) is 6.54 Å². The lowest BCUT2D eigenvalue weighted by Crippen LogP contribution is -2.43. The van der Waals surface area contributed by atoms with Gasteiger partial charge in [-0.05, 0) is 31.2 Å². The summed E-state index contributed by atoms with van der Waals surface area (Å²) in [6.45, 7) is 2.26. The Kier molecular flexibility index (Phi) is 5.34. The minimum absolute atomic E-state index is 0.178. The third kappa shape index (κ3) is 3.69. The molecule has 4 rings (SSSR count). The number of hydrogen-bond donors (Lipinski definition) is 2. The van der Waals surface area contributed by atoms with E-state index < -0.39 is 5.91 Å². The lowest BCUT2D eigenvalue weighted by molar-refractivity contribution is -0.123. The van der Waals surface area contributed by atoms with Crippen LogP contribution in [0.25, 0.3) is 10.9 Å². The van der Waals surface area contributed by atoms with Crippen LogP contribution in [-0.2, 0) is 16.1 Å². The number of benzene rings is 2. The fourth-order valence-electron chi connectivity index (χ4n) is 3.36. The summed E-state index contributed by atoms with van der Waals surface area (Å²) in [6.07, 6.45) is 0.178. The van der Waals surface area contributed by atoms with Crippen LogP contribution in [0, 0.1) is 0 Å². The molecule has 9 heteroatoms. The topological polar surface area (TPSA) is 106 Å². The second-order valence-electron chi connectivity index (χ2n) is 6.72. The fraction of sp³-hybridized carbons (Fsp3) is 0.238. The van der Waals surface area contributed by atoms with E-state index >= 15 is 0 Å².